The van der Waals surface area contributed by atoms with Gasteiger partial charge in [-0.15, -0.1) is 0 Å². The highest BCUT2D eigenvalue weighted by atomic mass is 32.1. The minimum atomic E-state index is 0.650. The molecule has 0 aliphatic carbocycles. The maximum Gasteiger partial charge on any atom is 0.125 e. The molecule has 0 aliphatic rings. The Morgan fingerprint density at radius 2 is 1.64 bits per heavy atom. The van der Waals surface area contributed by atoms with Crippen LogP contribution >= 0.6 is 24.4 Å². The summed E-state index contributed by atoms with van der Waals surface area (Å²) in [5.41, 5.74) is 2.04. The second-order valence-corrected chi connectivity index (χ2v) is 3.72. The fourth-order valence-electron chi connectivity index (χ4n) is 1.25. The number of hydrogen-bond donors (Lipinski definition) is 2. The maximum absolute atomic E-state index is 5.16. The van der Waals surface area contributed by atoms with Gasteiger partial charge < -0.3 is 0 Å². The van der Waals surface area contributed by atoms with Crippen molar-refractivity contribution in [3.05, 3.63) is 45.7 Å². The Morgan fingerprint density at radius 3 is 2.36 bits per heavy atom. The molecule has 0 radical (unpaired) electrons. The average molecular weight is 220 g/mol. The van der Waals surface area contributed by atoms with Gasteiger partial charge in [0.15, 0.2) is 0 Å². The molecule has 2 rings (SSSR count). The lowest BCUT2D eigenvalue weighted by molar-refractivity contribution is 1.00. The normalized spacial score (nSPS) is 10.0. The summed E-state index contributed by atoms with van der Waals surface area (Å²) in [5, 5.41) is 5.65. The number of H-pyrrole nitrogens is 2. The molecule has 0 unspecified atom stereocenters. The third-order valence-electron chi connectivity index (χ3n) is 1.90. The standard InChI is InChI=1S/C10H8N2S2/c13-9-6-8(10(14)12-11-9)7-4-2-1-3-5-7/h1-6H,(H,11,13)(H,12,14). The molecule has 2 aromatic rings. The van der Waals surface area contributed by atoms with E-state index in [1.54, 1.807) is 0 Å². The van der Waals surface area contributed by atoms with Gasteiger partial charge in [-0.25, -0.2) is 0 Å². The SMILES string of the molecule is S=c1cc(-c2ccccc2)c(=S)[nH][nH]1. The molecule has 0 amide bonds. The predicted octanol–water partition coefficient (Wildman–Crippen LogP) is 3.47. The van der Waals surface area contributed by atoms with Crippen LogP contribution in [-0.2, 0) is 0 Å². The molecule has 0 saturated carbocycles. The zero-order chi connectivity index (χ0) is 9.97. The van der Waals surface area contributed by atoms with E-state index in [0.29, 0.717) is 9.28 Å². The number of rotatable bonds is 1. The Bertz CT molecular complexity index is 540. The maximum atomic E-state index is 5.16. The van der Waals surface area contributed by atoms with E-state index in [1.807, 2.05) is 36.4 Å². The van der Waals surface area contributed by atoms with Crippen LogP contribution in [0.15, 0.2) is 36.4 Å². The first-order chi connectivity index (χ1) is 6.77. The van der Waals surface area contributed by atoms with Gasteiger partial charge in [0.1, 0.15) is 9.28 Å². The van der Waals surface area contributed by atoms with Crippen molar-refractivity contribution in [3.8, 4) is 11.1 Å². The highest BCUT2D eigenvalue weighted by molar-refractivity contribution is 7.71. The van der Waals surface area contributed by atoms with Crippen molar-refractivity contribution in [3.63, 3.8) is 0 Å². The Kier molecular flexibility index (Phi) is 2.56. The van der Waals surface area contributed by atoms with E-state index in [4.69, 9.17) is 24.4 Å². The molecule has 2 N–H and O–H groups in total. The molecule has 0 saturated heterocycles. The molecule has 2 nitrogen and oxygen atoms in total. The van der Waals surface area contributed by atoms with E-state index in [0.717, 1.165) is 11.1 Å². The number of benzene rings is 1. The summed E-state index contributed by atoms with van der Waals surface area (Å²) in [6.07, 6.45) is 0. The predicted molar refractivity (Wildman–Crippen MR) is 62.2 cm³/mol. The van der Waals surface area contributed by atoms with Crippen molar-refractivity contribution in [2.75, 3.05) is 0 Å². The molecule has 70 valence electrons. The zero-order valence-corrected chi connectivity index (χ0v) is 8.91. The quantitative estimate of drug-likeness (QED) is 0.721. The number of aromatic amines is 2. The van der Waals surface area contributed by atoms with Crippen molar-refractivity contribution in [2.24, 2.45) is 0 Å². The molecule has 0 spiro atoms. The van der Waals surface area contributed by atoms with Crippen LogP contribution < -0.4 is 0 Å². The van der Waals surface area contributed by atoms with Crippen LogP contribution in [0.4, 0.5) is 0 Å². The molecule has 1 aromatic heterocycles. The lowest BCUT2D eigenvalue weighted by atomic mass is 10.1. The van der Waals surface area contributed by atoms with Gasteiger partial charge in [-0.1, -0.05) is 54.8 Å². The lowest BCUT2D eigenvalue weighted by Gasteiger charge is -2.00. The van der Waals surface area contributed by atoms with Crippen LogP contribution in [0.2, 0.25) is 0 Å². The zero-order valence-electron chi connectivity index (χ0n) is 7.28. The molecule has 0 fully saturated rings. The summed E-state index contributed by atoms with van der Waals surface area (Å²) < 4.78 is 1.32. The number of aromatic nitrogens is 2. The molecular weight excluding hydrogens is 212 g/mol. The minimum absolute atomic E-state index is 0.650. The van der Waals surface area contributed by atoms with E-state index < -0.39 is 0 Å². The minimum Gasteiger partial charge on any atom is -0.290 e. The van der Waals surface area contributed by atoms with Gasteiger partial charge in [0.25, 0.3) is 0 Å². The number of hydrogen-bond acceptors (Lipinski definition) is 2. The molecule has 0 aliphatic heterocycles. The largest absolute Gasteiger partial charge is 0.290 e. The van der Waals surface area contributed by atoms with Crippen LogP contribution in [0, 0.1) is 9.28 Å². The van der Waals surface area contributed by atoms with E-state index in [-0.39, 0.29) is 0 Å². The van der Waals surface area contributed by atoms with Crippen LogP contribution in [0.1, 0.15) is 0 Å². The van der Waals surface area contributed by atoms with Crippen molar-refractivity contribution in [2.45, 2.75) is 0 Å². The molecule has 1 heterocycles. The molecule has 4 heteroatoms. The van der Waals surface area contributed by atoms with E-state index in [2.05, 4.69) is 10.2 Å². The van der Waals surface area contributed by atoms with Crippen molar-refractivity contribution < 1.29 is 0 Å². The Morgan fingerprint density at radius 1 is 0.929 bits per heavy atom. The molecule has 1 aromatic carbocycles. The van der Waals surface area contributed by atoms with Crippen molar-refractivity contribution in [1.82, 2.24) is 10.2 Å². The van der Waals surface area contributed by atoms with Crippen molar-refractivity contribution >= 4 is 24.4 Å². The van der Waals surface area contributed by atoms with Crippen LogP contribution in [0.5, 0.6) is 0 Å². The summed E-state index contributed by atoms with van der Waals surface area (Å²) in [4.78, 5) is 0. The summed E-state index contributed by atoms with van der Waals surface area (Å²) >= 11 is 10.2. The Hall–Kier alpha value is -1.26. The summed E-state index contributed by atoms with van der Waals surface area (Å²) in [7, 11) is 0. The van der Waals surface area contributed by atoms with Gasteiger partial charge in [0, 0.05) is 5.56 Å². The van der Waals surface area contributed by atoms with Gasteiger partial charge in [-0.3, -0.25) is 10.2 Å². The van der Waals surface area contributed by atoms with Gasteiger partial charge in [0.2, 0.25) is 0 Å². The van der Waals surface area contributed by atoms with Gasteiger partial charge in [-0.05, 0) is 11.6 Å². The fraction of sp³-hybridized carbons (Fsp3) is 0. The first-order valence-corrected chi connectivity index (χ1v) is 4.96. The van der Waals surface area contributed by atoms with E-state index >= 15 is 0 Å². The van der Waals surface area contributed by atoms with Gasteiger partial charge >= 0.3 is 0 Å². The topological polar surface area (TPSA) is 31.6 Å². The van der Waals surface area contributed by atoms with Gasteiger partial charge in [0.05, 0.1) is 0 Å². The Labute approximate surface area is 91.6 Å². The fourth-order valence-corrected chi connectivity index (χ4v) is 1.65. The summed E-state index contributed by atoms with van der Waals surface area (Å²) in [6.45, 7) is 0. The highest BCUT2D eigenvalue weighted by Crippen LogP contribution is 2.18. The first-order valence-electron chi connectivity index (χ1n) is 4.15. The van der Waals surface area contributed by atoms with Gasteiger partial charge in [-0.2, -0.15) is 0 Å². The van der Waals surface area contributed by atoms with Crippen LogP contribution in [0.25, 0.3) is 11.1 Å². The third-order valence-corrected chi connectivity index (χ3v) is 2.45. The molecule has 0 bridgehead atoms. The summed E-state index contributed by atoms with van der Waals surface area (Å²) in [6, 6.07) is 11.8. The van der Waals surface area contributed by atoms with Crippen LogP contribution in [-0.4, -0.2) is 10.2 Å². The highest BCUT2D eigenvalue weighted by Gasteiger charge is 1.98. The second-order valence-electron chi connectivity index (χ2n) is 2.87. The average Bonchev–Trinajstić information content (AvgIpc) is 2.23. The molecule has 0 atom stereocenters. The molecule has 14 heavy (non-hydrogen) atoms. The molecular formula is C10H8N2S2. The monoisotopic (exact) mass is 220 g/mol. The smallest absolute Gasteiger partial charge is 0.125 e. The first kappa shape index (κ1) is 9.30. The van der Waals surface area contributed by atoms with E-state index in [9.17, 15) is 0 Å². The third kappa shape index (κ3) is 1.81. The van der Waals surface area contributed by atoms with Crippen LogP contribution in [0.3, 0.4) is 0 Å². The van der Waals surface area contributed by atoms with E-state index in [1.165, 1.54) is 0 Å². The Balaban J connectivity index is 2.69. The van der Waals surface area contributed by atoms with Crippen molar-refractivity contribution in [1.29, 1.82) is 0 Å². The number of nitrogens with one attached hydrogen (secondary N) is 2. The summed E-state index contributed by atoms with van der Waals surface area (Å²) in [5.74, 6) is 0. The lowest BCUT2D eigenvalue weighted by Crippen LogP contribution is -1.86. The second kappa shape index (κ2) is 3.86.